The first-order chi connectivity index (χ1) is 13.6. The second kappa shape index (κ2) is 6.63. The van der Waals surface area contributed by atoms with E-state index in [0.29, 0.717) is 37.0 Å². The van der Waals surface area contributed by atoms with Gasteiger partial charge in [0.25, 0.3) is 0 Å². The lowest BCUT2D eigenvalue weighted by molar-refractivity contribution is -0.133. The Balaban J connectivity index is 1.50. The van der Waals surface area contributed by atoms with Crippen LogP contribution in [-0.4, -0.2) is 47.9 Å². The topological polar surface area (TPSA) is 86.7 Å². The molecule has 2 aromatic rings. The summed E-state index contributed by atoms with van der Waals surface area (Å²) < 4.78 is 14.7. The fraction of sp³-hybridized carbons (Fsp3) is 0.400. The summed E-state index contributed by atoms with van der Waals surface area (Å²) in [6, 6.07) is 6.04. The molecule has 146 valence electrons. The van der Waals surface area contributed by atoms with E-state index in [1.807, 2.05) is 17.0 Å². The molecule has 0 bridgehead atoms. The average Bonchev–Trinajstić information content (AvgIpc) is 3.46. The molecule has 0 radical (unpaired) electrons. The van der Waals surface area contributed by atoms with Crippen LogP contribution in [0, 0.1) is 5.92 Å². The van der Waals surface area contributed by atoms with E-state index in [0.717, 1.165) is 16.6 Å². The predicted octanol–water partition coefficient (Wildman–Crippen LogP) is 2.08. The van der Waals surface area contributed by atoms with Crippen LogP contribution in [0.5, 0.6) is 5.75 Å². The zero-order valence-electron chi connectivity index (χ0n) is 15.2. The Labute approximate surface area is 161 Å². The number of alkyl halides is 1. The van der Waals surface area contributed by atoms with Gasteiger partial charge in [-0.05, 0) is 37.1 Å². The first-order valence-electron chi connectivity index (χ1n) is 9.52. The van der Waals surface area contributed by atoms with E-state index in [9.17, 15) is 14.3 Å². The van der Waals surface area contributed by atoms with Crippen LogP contribution in [0.15, 0.2) is 30.1 Å². The zero-order valence-corrected chi connectivity index (χ0v) is 15.2. The summed E-state index contributed by atoms with van der Waals surface area (Å²) in [6.07, 6.45) is 4.71. The van der Waals surface area contributed by atoms with Gasteiger partial charge >= 0.3 is 5.97 Å². The Morgan fingerprint density at radius 3 is 3.00 bits per heavy atom. The molecule has 1 aromatic heterocycles. The van der Waals surface area contributed by atoms with E-state index >= 15 is 0 Å². The largest absolute Gasteiger partial charge is 0.476 e. The number of hydroxylamine groups is 1. The number of halogens is 1. The van der Waals surface area contributed by atoms with Crippen LogP contribution >= 0.6 is 0 Å². The van der Waals surface area contributed by atoms with Gasteiger partial charge in [-0.25, -0.2) is 14.7 Å². The maximum Gasteiger partial charge on any atom is 0.355 e. The highest BCUT2D eigenvalue weighted by molar-refractivity contribution is 6.01. The molecule has 1 saturated carbocycles. The SMILES string of the molecule is O=C(O)C1=Cc2ccc3nccc(N4CC(F)C(CNC5CC5)C4)c3c2ON1. The van der Waals surface area contributed by atoms with Gasteiger partial charge in [0.1, 0.15) is 6.17 Å². The van der Waals surface area contributed by atoms with Crippen molar-refractivity contribution in [3.8, 4) is 5.75 Å². The number of pyridine rings is 1. The Kier molecular flexibility index (Phi) is 4.08. The van der Waals surface area contributed by atoms with E-state index < -0.39 is 12.1 Å². The summed E-state index contributed by atoms with van der Waals surface area (Å²) in [4.78, 5) is 23.2. The molecule has 3 N–H and O–H groups in total. The Morgan fingerprint density at radius 2 is 2.21 bits per heavy atom. The minimum Gasteiger partial charge on any atom is -0.476 e. The highest BCUT2D eigenvalue weighted by Gasteiger charge is 2.35. The molecule has 2 unspecified atom stereocenters. The standard InChI is InChI=1S/C20H21FN4O3/c21-14-10-25(9-12(14)8-23-13-2-3-13)17-5-6-22-15-4-1-11-7-16(20(26)27)24-28-19(11)18(15)17/h1,4-7,12-14,23-24H,2-3,8-10H2,(H,26,27). The Morgan fingerprint density at radius 1 is 1.36 bits per heavy atom. The monoisotopic (exact) mass is 384 g/mol. The molecular weight excluding hydrogens is 363 g/mol. The van der Waals surface area contributed by atoms with E-state index in [-0.39, 0.29) is 11.6 Å². The third-order valence-electron chi connectivity index (χ3n) is 5.61. The van der Waals surface area contributed by atoms with Crippen molar-refractivity contribution in [1.29, 1.82) is 0 Å². The molecule has 1 saturated heterocycles. The molecule has 8 heteroatoms. The van der Waals surface area contributed by atoms with Gasteiger partial charge in [0.2, 0.25) is 0 Å². The molecular formula is C20H21FN4O3. The van der Waals surface area contributed by atoms with Crippen LogP contribution < -0.4 is 20.5 Å². The molecule has 28 heavy (non-hydrogen) atoms. The number of rotatable bonds is 5. The molecule has 3 heterocycles. The molecule has 5 rings (SSSR count). The summed E-state index contributed by atoms with van der Waals surface area (Å²) >= 11 is 0. The fourth-order valence-electron chi connectivity index (χ4n) is 3.92. The maximum absolute atomic E-state index is 14.7. The van der Waals surface area contributed by atoms with Gasteiger partial charge in [-0.2, -0.15) is 0 Å². The Bertz CT molecular complexity index is 975. The molecule has 3 aliphatic rings. The normalized spacial score (nSPS) is 23.8. The number of aliphatic carboxylic acids is 1. The number of fused-ring (bicyclic) bond motifs is 3. The summed E-state index contributed by atoms with van der Waals surface area (Å²) in [6.45, 7) is 1.63. The van der Waals surface area contributed by atoms with Gasteiger partial charge in [0.05, 0.1) is 16.6 Å². The molecule has 0 spiro atoms. The number of carboxylic acid groups (broad SMARTS) is 1. The number of hydrogen-bond acceptors (Lipinski definition) is 6. The molecule has 1 aliphatic carbocycles. The van der Waals surface area contributed by atoms with Crippen LogP contribution in [0.2, 0.25) is 0 Å². The van der Waals surface area contributed by atoms with Crippen LogP contribution in [0.4, 0.5) is 10.1 Å². The van der Waals surface area contributed by atoms with Crippen molar-refractivity contribution in [2.45, 2.75) is 25.1 Å². The number of carboxylic acids is 1. The van der Waals surface area contributed by atoms with Crippen molar-refractivity contribution in [2.24, 2.45) is 5.92 Å². The third-order valence-corrected chi connectivity index (χ3v) is 5.61. The highest BCUT2D eigenvalue weighted by Crippen LogP contribution is 2.40. The van der Waals surface area contributed by atoms with Crippen molar-refractivity contribution < 1.29 is 19.1 Å². The minimum absolute atomic E-state index is 0.0338. The summed E-state index contributed by atoms with van der Waals surface area (Å²) in [5.74, 6) is -0.635. The maximum atomic E-state index is 14.7. The molecule has 2 atom stereocenters. The average molecular weight is 384 g/mol. The number of carbonyl (C=O) groups is 1. The van der Waals surface area contributed by atoms with Crippen LogP contribution in [0.25, 0.3) is 17.0 Å². The van der Waals surface area contributed by atoms with E-state index in [1.54, 1.807) is 12.3 Å². The second-order valence-electron chi connectivity index (χ2n) is 7.64. The predicted molar refractivity (Wildman–Crippen MR) is 103 cm³/mol. The van der Waals surface area contributed by atoms with Crippen molar-refractivity contribution in [3.05, 3.63) is 35.7 Å². The highest BCUT2D eigenvalue weighted by atomic mass is 19.1. The molecule has 2 fully saturated rings. The van der Waals surface area contributed by atoms with E-state index in [2.05, 4.69) is 15.8 Å². The summed E-state index contributed by atoms with van der Waals surface area (Å²) in [5.41, 5.74) is 4.67. The first-order valence-corrected chi connectivity index (χ1v) is 9.52. The van der Waals surface area contributed by atoms with Gasteiger partial charge < -0.3 is 20.2 Å². The molecule has 7 nitrogen and oxygen atoms in total. The van der Waals surface area contributed by atoms with Crippen molar-refractivity contribution in [1.82, 2.24) is 15.8 Å². The van der Waals surface area contributed by atoms with Gasteiger partial charge in [-0.1, -0.05) is 0 Å². The number of nitrogens with one attached hydrogen (secondary N) is 2. The number of aromatic nitrogens is 1. The number of anilines is 1. The van der Waals surface area contributed by atoms with E-state index in [1.165, 1.54) is 18.9 Å². The lowest BCUT2D eigenvalue weighted by Crippen LogP contribution is -2.30. The minimum atomic E-state index is -1.09. The van der Waals surface area contributed by atoms with Crippen molar-refractivity contribution >= 4 is 28.6 Å². The summed E-state index contributed by atoms with van der Waals surface area (Å²) in [7, 11) is 0. The van der Waals surface area contributed by atoms with Crippen LogP contribution in [0.1, 0.15) is 18.4 Å². The van der Waals surface area contributed by atoms with Crippen LogP contribution in [0.3, 0.4) is 0 Å². The molecule has 1 aromatic carbocycles. The van der Waals surface area contributed by atoms with E-state index in [4.69, 9.17) is 4.84 Å². The summed E-state index contributed by atoms with van der Waals surface area (Å²) in [5, 5.41) is 13.4. The molecule has 0 amide bonds. The van der Waals surface area contributed by atoms with Gasteiger partial charge in [-0.15, -0.1) is 0 Å². The smallest absolute Gasteiger partial charge is 0.355 e. The first kappa shape index (κ1) is 17.2. The molecule has 2 aliphatic heterocycles. The van der Waals surface area contributed by atoms with Crippen LogP contribution in [-0.2, 0) is 4.79 Å². The van der Waals surface area contributed by atoms with Crippen molar-refractivity contribution in [2.75, 3.05) is 24.5 Å². The lowest BCUT2D eigenvalue weighted by Gasteiger charge is -2.24. The van der Waals surface area contributed by atoms with Gasteiger partial charge in [0, 0.05) is 43.4 Å². The number of nitrogens with zero attached hydrogens (tertiary/aromatic N) is 2. The third kappa shape index (κ3) is 3.03. The fourth-order valence-corrected chi connectivity index (χ4v) is 3.92. The Hall–Kier alpha value is -2.87. The van der Waals surface area contributed by atoms with Crippen molar-refractivity contribution in [3.63, 3.8) is 0 Å². The second-order valence-corrected chi connectivity index (χ2v) is 7.64. The quantitative estimate of drug-likeness (QED) is 0.728. The van der Waals surface area contributed by atoms with Gasteiger partial charge in [0.15, 0.2) is 11.4 Å². The number of hydrogen-bond donors (Lipinski definition) is 3. The van der Waals surface area contributed by atoms with Gasteiger partial charge in [-0.3, -0.25) is 4.98 Å². The number of benzene rings is 1. The lowest BCUT2D eigenvalue weighted by atomic mass is 10.0. The zero-order chi connectivity index (χ0) is 19.3.